The van der Waals surface area contributed by atoms with Crippen LogP contribution in [0.25, 0.3) is 0 Å². The first-order chi connectivity index (χ1) is 11.1. The van der Waals surface area contributed by atoms with Gasteiger partial charge in [0.1, 0.15) is 0 Å². The largest absolute Gasteiger partial charge is 0.357 e. The lowest BCUT2D eigenvalue weighted by atomic mass is 9.99. The van der Waals surface area contributed by atoms with Crippen molar-refractivity contribution >= 4 is 5.96 Å². The van der Waals surface area contributed by atoms with E-state index >= 15 is 0 Å². The van der Waals surface area contributed by atoms with Gasteiger partial charge in [0.05, 0.1) is 12.2 Å². The van der Waals surface area contributed by atoms with Gasteiger partial charge in [-0.1, -0.05) is 6.92 Å². The highest BCUT2D eigenvalue weighted by Crippen LogP contribution is 2.17. The molecule has 2 atom stereocenters. The normalized spacial score (nSPS) is 21.2. The molecular formula is C17H32N6. The van der Waals surface area contributed by atoms with Gasteiger partial charge in [0, 0.05) is 38.9 Å². The predicted molar refractivity (Wildman–Crippen MR) is 95.5 cm³/mol. The Labute approximate surface area is 140 Å². The van der Waals surface area contributed by atoms with Gasteiger partial charge in [-0.2, -0.15) is 5.10 Å². The minimum atomic E-state index is 0.526. The Morgan fingerprint density at radius 1 is 1.48 bits per heavy atom. The van der Waals surface area contributed by atoms with E-state index in [9.17, 15) is 0 Å². The van der Waals surface area contributed by atoms with Crippen LogP contribution < -0.4 is 10.6 Å². The number of rotatable bonds is 6. The van der Waals surface area contributed by atoms with E-state index < -0.39 is 0 Å². The highest BCUT2D eigenvalue weighted by Gasteiger charge is 2.20. The highest BCUT2D eigenvalue weighted by molar-refractivity contribution is 5.79. The SMILES string of the molecule is CCNC(=NCc1ccnn1C)NCC(C)N1CCCC(C)C1. The Balaban J connectivity index is 1.85. The molecule has 1 aliphatic rings. The molecule has 23 heavy (non-hydrogen) atoms. The van der Waals surface area contributed by atoms with Crippen LogP contribution in [0.3, 0.4) is 0 Å². The number of nitrogens with zero attached hydrogens (tertiary/aromatic N) is 4. The van der Waals surface area contributed by atoms with Crippen LogP contribution in [-0.2, 0) is 13.6 Å². The topological polar surface area (TPSA) is 57.5 Å². The number of piperidine rings is 1. The molecule has 0 saturated carbocycles. The van der Waals surface area contributed by atoms with E-state index in [0.717, 1.165) is 30.7 Å². The Kier molecular flexibility index (Phi) is 6.89. The van der Waals surface area contributed by atoms with Gasteiger partial charge in [0.2, 0.25) is 0 Å². The molecule has 1 aromatic heterocycles. The molecule has 2 N–H and O–H groups in total. The molecule has 2 unspecified atom stereocenters. The van der Waals surface area contributed by atoms with E-state index in [2.05, 4.69) is 46.4 Å². The third-order valence-electron chi connectivity index (χ3n) is 4.54. The minimum absolute atomic E-state index is 0.526. The Morgan fingerprint density at radius 2 is 2.30 bits per heavy atom. The van der Waals surface area contributed by atoms with Crippen LogP contribution in [0.1, 0.15) is 39.3 Å². The molecule has 0 aliphatic carbocycles. The second-order valence-electron chi connectivity index (χ2n) is 6.61. The van der Waals surface area contributed by atoms with Crippen LogP contribution in [0.15, 0.2) is 17.3 Å². The first kappa shape index (κ1) is 17.8. The third-order valence-corrected chi connectivity index (χ3v) is 4.54. The Hall–Kier alpha value is -1.56. The van der Waals surface area contributed by atoms with Gasteiger partial charge < -0.3 is 10.6 Å². The summed E-state index contributed by atoms with van der Waals surface area (Å²) in [6, 6.07) is 2.53. The molecule has 0 aromatic carbocycles. The summed E-state index contributed by atoms with van der Waals surface area (Å²) in [5.74, 6) is 1.70. The summed E-state index contributed by atoms with van der Waals surface area (Å²) >= 11 is 0. The Morgan fingerprint density at radius 3 is 2.96 bits per heavy atom. The average molecular weight is 320 g/mol. The number of nitrogens with one attached hydrogen (secondary N) is 2. The van der Waals surface area contributed by atoms with Crippen LogP contribution in [0.5, 0.6) is 0 Å². The molecule has 6 nitrogen and oxygen atoms in total. The number of aromatic nitrogens is 2. The zero-order valence-corrected chi connectivity index (χ0v) is 15.0. The van der Waals surface area contributed by atoms with E-state index in [1.54, 1.807) is 0 Å². The van der Waals surface area contributed by atoms with Crippen molar-refractivity contribution in [3.8, 4) is 0 Å². The molecular weight excluding hydrogens is 288 g/mol. The van der Waals surface area contributed by atoms with Gasteiger partial charge in [-0.05, 0) is 45.2 Å². The number of aryl methyl sites for hydroxylation is 1. The summed E-state index contributed by atoms with van der Waals surface area (Å²) in [5, 5.41) is 11.0. The molecule has 0 spiro atoms. The molecule has 1 aliphatic heterocycles. The van der Waals surface area contributed by atoms with Crippen LogP contribution in [0.4, 0.5) is 0 Å². The van der Waals surface area contributed by atoms with Crippen molar-refractivity contribution in [2.24, 2.45) is 18.0 Å². The summed E-state index contributed by atoms with van der Waals surface area (Å²) < 4.78 is 1.87. The standard InChI is InChI=1S/C17H32N6/c1-5-18-17(20-12-16-8-9-21-22(16)4)19-11-15(3)23-10-6-7-14(2)13-23/h8-9,14-15H,5-7,10-13H2,1-4H3,(H2,18,19,20). The van der Waals surface area contributed by atoms with Gasteiger partial charge in [-0.3, -0.25) is 9.58 Å². The molecule has 1 saturated heterocycles. The van der Waals surface area contributed by atoms with Gasteiger partial charge >= 0.3 is 0 Å². The van der Waals surface area contributed by atoms with Crippen molar-refractivity contribution in [1.82, 2.24) is 25.3 Å². The molecule has 1 aromatic rings. The van der Waals surface area contributed by atoms with E-state index in [-0.39, 0.29) is 0 Å². The zero-order valence-electron chi connectivity index (χ0n) is 15.0. The fraction of sp³-hybridized carbons (Fsp3) is 0.765. The molecule has 0 amide bonds. The monoisotopic (exact) mass is 320 g/mol. The van der Waals surface area contributed by atoms with Crippen molar-refractivity contribution in [3.63, 3.8) is 0 Å². The van der Waals surface area contributed by atoms with Crippen molar-refractivity contribution in [1.29, 1.82) is 0 Å². The number of likely N-dealkylation sites (tertiary alicyclic amines) is 1. The van der Waals surface area contributed by atoms with Crippen molar-refractivity contribution in [2.45, 2.75) is 46.2 Å². The quantitative estimate of drug-likeness (QED) is 0.617. The number of hydrogen-bond acceptors (Lipinski definition) is 3. The van der Waals surface area contributed by atoms with Crippen molar-refractivity contribution in [2.75, 3.05) is 26.2 Å². The van der Waals surface area contributed by atoms with Gasteiger partial charge in [-0.25, -0.2) is 4.99 Å². The maximum Gasteiger partial charge on any atom is 0.191 e. The molecule has 6 heteroatoms. The predicted octanol–water partition coefficient (Wildman–Crippen LogP) is 1.60. The lowest BCUT2D eigenvalue weighted by Gasteiger charge is -2.35. The number of hydrogen-bond donors (Lipinski definition) is 2. The Bertz CT molecular complexity index is 495. The minimum Gasteiger partial charge on any atom is -0.357 e. The number of aliphatic imine (C=N–C) groups is 1. The van der Waals surface area contributed by atoms with Gasteiger partial charge in [0.15, 0.2) is 5.96 Å². The first-order valence-corrected chi connectivity index (χ1v) is 8.83. The molecule has 2 rings (SSSR count). The van der Waals surface area contributed by atoms with Crippen molar-refractivity contribution < 1.29 is 0 Å². The second kappa shape index (κ2) is 8.91. The highest BCUT2D eigenvalue weighted by atomic mass is 15.3. The van der Waals surface area contributed by atoms with E-state index in [1.807, 2.05) is 24.0 Å². The molecule has 0 radical (unpaired) electrons. The molecule has 130 valence electrons. The average Bonchev–Trinajstić information content (AvgIpc) is 2.95. The van der Waals surface area contributed by atoms with E-state index in [4.69, 9.17) is 0 Å². The van der Waals surface area contributed by atoms with Crippen LogP contribution in [0, 0.1) is 5.92 Å². The third kappa shape index (κ3) is 5.53. The fourth-order valence-electron chi connectivity index (χ4n) is 3.06. The smallest absolute Gasteiger partial charge is 0.191 e. The molecule has 1 fully saturated rings. The van der Waals surface area contributed by atoms with Crippen molar-refractivity contribution in [3.05, 3.63) is 18.0 Å². The van der Waals surface area contributed by atoms with Crippen LogP contribution in [0.2, 0.25) is 0 Å². The summed E-state index contributed by atoms with van der Waals surface area (Å²) in [5.41, 5.74) is 1.11. The van der Waals surface area contributed by atoms with Crippen LogP contribution in [-0.4, -0.2) is 52.9 Å². The van der Waals surface area contributed by atoms with Gasteiger partial charge in [-0.15, -0.1) is 0 Å². The summed E-state index contributed by atoms with van der Waals surface area (Å²) in [4.78, 5) is 7.25. The maximum atomic E-state index is 4.66. The van der Waals surface area contributed by atoms with E-state index in [0.29, 0.717) is 12.6 Å². The summed E-state index contributed by atoms with van der Waals surface area (Å²) in [6.07, 6.45) is 4.50. The lowest BCUT2D eigenvalue weighted by Crippen LogP contribution is -2.48. The van der Waals surface area contributed by atoms with E-state index in [1.165, 1.54) is 25.9 Å². The molecule has 0 bridgehead atoms. The first-order valence-electron chi connectivity index (χ1n) is 8.83. The zero-order chi connectivity index (χ0) is 16.7. The fourth-order valence-corrected chi connectivity index (χ4v) is 3.06. The van der Waals surface area contributed by atoms with Crippen LogP contribution >= 0.6 is 0 Å². The second-order valence-corrected chi connectivity index (χ2v) is 6.61. The lowest BCUT2D eigenvalue weighted by molar-refractivity contribution is 0.139. The summed E-state index contributed by atoms with van der Waals surface area (Å²) in [7, 11) is 1.95. The molecule has 2 heterocycles. The summed E-state index contributed by atoms with van der Waals surface area (Å²) in [6.45, 7) is 11.6. The number of guanidine groups is 1. The maximum absolute atomic E-state index is 4.66. The van der Waals surface area contributed by atoms with Gasteiger partial charge in [0.25, 0.3) is 0 Å².